The summed E-state index contributed by atoms with van der Waals surface area (Å²) in [7, 11) is 2.82. The molecule has 1 unspecified atom stereocenters. The second-order valence-corrected chi connectivity index (χ2v) is 9.56. The molecule has 1 saturated heterocycles. The van der Waals surface area contributed by atoms with Crippen molar-refractivity contribution in [3.05, 3.63) is 76.2 Å². The quantitative estimate of drug-likeness (QED) is 0.452. The highest BCUT2D eigenvalue weighted by atomic mass is 19.4. The molecule has 2 heterocycles. The maximum atomic E-state index is 14.1. The Morgan fingerprint density at radius 1 is 1.07 bits per heavy atom. The number of carbonyl (C=O) groups excluding carboxylic acids is 1. The number of carbonyl (C=O) groups is 1. The lowest BCUT2D eigenvalue weighted by Gasteiger charge is -2.23. The molecule has 1 aromatic heterocycles. The molecule has 1 aliphatic rings. The van der Waals surface area contributed by atoms with Crippen LogP contribution in [-0.4, -0.2) is 58.0 Å². The average Bonchev–Trinajstić information content (AvgIpc) is 3.38. The number of ether oxygens (including phenoxy) is 1. The monoisotopic (exact) mass is 576 g/mol. The Labute approximate surface area is 222 Å². The predicted octanol–water partition coefficient (Wildman–Crippen LogP) is 4.52. The molecule has 1 aliphatic heterocycles. The second kappa shape index (κ2) is 10.3. The number of imidazole rings is 1. The molecule has 3 aromatic rings. The minimum absolute atomic E-state index is 0.00603. The van der Waals surface area contributed by atoms with Crippen molar-refractivity contribution >= 4 is 11.8 Å². The number of likely N-dealkylation sites (tertiary alicyclic amines) is 1. The van der Waals surface area contributed by atoms with Crippen molar-refractivity contribution in [2.24, 2.45) is 0 Å². The number of benzene rings is 2. The Hall–Kier alpha value is -3.85. The lowest BCUT2D eigenvalue weighted by Crippen LogP contribution is -2.40. The highest BCUT2D eigenvalue weighted by Gasteiger charge is 2.42. The van der Waals surface area contributed by atoms with E-state index in [-0.39, 0.29) is 37.3 Å². The number of aliphatic hydroxyl groups is 1. The molecule has 40 heavy (non-hydrogen) atoms. The van der Waals surface area contributed by atoms with Gasteiger partial charge in [-0.15, -0.1) is 0 Å². The molecule has 0 bridgehead atoms. The highest BCUT2D eigenvalue weighted by molar-refractivity contribution is 5.89. The van der Waals surface area contributed by atoms with Crippen LogP contribution in [0.5, 0.6) is 5.75 Å². The number of halogens is 7. The number of hydrogen-bond acceptors (Lipinski definition) is 5. The minimum Gasteiger partial charge on any atom is -0.407 e. The number of hydrogen-bond donors (Lipinski definition) is 1. The molecule has 1 amide bonds. The van der Waals surface area contributed by atoms with Gasteiger partial charge in [0.25, 0.3) is 0 Å². The zero-order valence-corrected chi connectivity index (χ0v) is 21.1. The van der Waals surface area contributed by atoms with Gasteiger partial charge >= 0.3 is 24.1 Å². The molecule has 0 aliphatic carbocycles. The van der Waals surface area contributed by atoms with E-state index in [1.807, 2.05) is 0 Å². The van der Waals surface area contributed by atoms with Crippen LogP contribution in [0.3, 0.4) is 0 Å². The van der Waals surface area contributed by atoms with Crippen LogP contribution in [0.2, 0.25) is 0 Å². The van der Waals surface area contributed by atoms with Gasteiger partial charge in [0.2, 0.25) is 0 Å². The lowest BCUT2D eigenvalue weighted by atomic mass is 10.0. The Kier molecular flexibility index (Phi) is 7.49. The number of amides is 1. The van der Waals surface area contributed by atoms with Gasteiger partial charge in [0.05, 0.1) is 23.4 Å². The van der Waals surface area contributed by atoms with Crippen molar-refractivity contribution in [2.45, 2.75) is 30.9 Å². The second-order valence-electron chi connectivity index (χ2n) is 9.56. The van der Waals surface area contributed by atoms with Crippen LogP contribution < -0.4 is 15.3 Å². The molecule has 0 radical (unpaired) electrons. The van der Waals surface area contributed by atoms with Crippen molar-refractivity contribution in [3.8, 4) is 11.4 Å². The Bertz CT molecular complexity index is 1460. The fourth-order valence-electron chi connectivity index (χ4n) is 4.42. The van der Waals surface area contributed by atoms with Gasteiger partial charge in [0.1, 0.15) is 11.4 Å². The fourth-order valence-corrected chi connectivity index (χ4v) is 4.42. The van der Waals surface area contributed by atoms with Crippen molar-refractivity contribution in [1.29, 1.82) is 0 Å². The third kappa shape index (κ3) is 5.99. The van der Waals surface area contributed by atoms with E-state index in [4.69, 9.17) is 4.74 Å². The van der Waals surface area contributed by atoms with Crippen molar-refractivity contribution in [2.75, 3.05) is 32.1 Å². The van der Waals surface area contributed by atoms with E-state index in [2.05, 4.69) is 0 Å². The molecule has 1 fully saturated rings. The van der Waals surface area contributed by atoms with Crippen LogP contribution in [-0.2, 0) is 18.9 Å². The van der Waals surface area contributed by atoms with Crippen LogP contribution in [0.1, 0.15) is 17.5 Å². The number of nitrogens with zero attached hydrogens (tertiary/aromatic N) is 4. The SMILES string of the molecule is CN1CCC(O)(Cn2ccn(-c3cc(C(F)(F)F)cc(C(F)(F)F)c3OC(=O)N(C)c3ccc(F)cc3)c2=O)C1. The summed E-state index contributed by atoms with van der Waals surface area (Å²) < 4.78 is 103. The first-order valence-electron chi connectivity index (χ1n) is 11.7. The third-order valence-corrected chi connectivity index (χ3v) is 6.47. The highest BCUT2D eigenvalue weighted by Crippen LogP contribution is 2.44. The summed E-state index contributed by atoms with van der Waals surface area (Å²) in [5, 5.41) is 10.8. The van der Waals surface area contributed by atoms with E-state index in [0.29, 0.717) is 16.0 Å². The molecule has 2 aromatic carbocycles. The molecule has 4 rings (SSSR count). The van der Waals surface area contributed by atoms with Gasteiger partial charge < -0.3 is 14.7 Å². The molecular formula is C25H23F7N4O4. The summed E-state index contributed by atoms with van der Waals surface area (Å²) in [6, 6.07) is 4.25. The van der Waals surface area contributed by atoms with E-state index in [1.165, 1.54) is 0 Å². The Morgan fingerprint density at radius 3 is 2.27 bits per heavy atom. The van der Waals surface area contributed by atoms with Gasteiger partial charge in [-0.2, -0.15) is 26.3 Å². The van der Waals surface area contributed by atoms with Crippen molar-refractivity contribution in [3.63, 3.8) is 0 Å². The van der Waals surface area contributed by atoms with E-state index < -0.39 is 58.1 Å². The zero-order valence-electron chi connectivity index (χ0n) is 21.1. The first-order chi connectivity index (χ1) is 18.5. The summed E-state index contributed by atoms with van der Waals surface area (Å²) >= 11 is 0. The largest absolute Gasteiger partial charge is 0.420 e. The standard InChI is InChI=1S/C25H23F7N4O4/c1-33-8-7-23(39,13-33)14-35-9-10-36(21(35)37)19-12-15(24(27,28)29)11-18(25(30,31)32)20(19)40-22(38)34(2)17-5-3-16(26)4-6-17/h3-6,9-12,39H,7-8,13-14H2,1-2H3. The van der Waals surface area contributed by atoms with E-state index in [1.54, 1.807) is 11.9 Å². The summed E-state index contributed by atoms with van der Waals surface area (Å²) in [5.41, 5.74) is -7.11. The van der Waals surface area contributed by atoms with Gasteiger partial charge in [-0.25, -0.2) is 14.0 Å². The first-order valence-corrected chi connectivity index (χ1v) is 11.7. The molecule has 1 atom stereocenters. The maximum Gasteiger partial charge on any atom is 0.420 e. The molecule has 1 N–H and O–H groups in total. The van der Waals surface area contributed by atoms with E-state index in [0.717, 1.165) is 48.3 Å². The number of rotatable bonds is 5. The van der Waals surface area contributed by atoms with Crippen LogP contribution >= 0.6 is 0 Å². The summed E-state index contributed by atoms with van der Waals surface area (Å²) in [6.07, 6.45) is -9.84. The van der Waals surface area contributed by atoms with Crippen molar-refractivity contribution in [1.82, 2.24) is 14.0 Å². The van der Waals surface area contributed by atoms with Crippen LogP contribution in [0, 0.1) is 5.82 Å². The smallest absolute Gasteiger partial charge is 0.407 e. The summed E-state index contributed by atoms with van der Waals surface area (Å²) in [6.45, 7) is 0.415. The van der Waals surface area contributed by atoms with Crippen LogP contribution in [0.4, 0.5) is 41.2 Å². The molecular weight excluding hydrogens is 553 g/mol. The van der Waals surface area contributed by atoms with Gasteiger partial charge in [0.15, 0.2) is 5.75 Å². The zero-order chi connectivity index (χ0) is 29.6. The topological polar surface area (TPSA) is 79.9 Å². The molecule has 0 saturated carbocycles. The number of aromatic nitrogens is 2. The van der Waals surface area contributed by atoms with Gasteiger partial charge in [-0.05, 0) is 49.9 Å². The molecule has 216 valence electrons. The minimum atomic E-state index is -5.43. The van der Waals surface area contributed by atoms with Crippen molar-refractivity contribution < 1.29 is 45.4 Å². The van der Waals surface area contributed by atoms with Gasteiger partial charge in [0, 0.05) is 38.2 Å². The first kappa shape index (κ1) is 29.1. The maximum absolute atomic E-state index is 14.1. The van der Waals surface area contributed by atoms with E-state index >= 15 is 0 Å². The third-order valence-electron chi connectivity index (χ3n) is 6.47. The predicted molar refractivity (Wildman–Crippen MR) is 128 cm³/mol. The van der Waals surface area contributed by atoms with E-state index in [9.17, 15) is 45.4 Å². The lowest BCUT2D eigenvalue weighted by molar-refractivity contribution is -0.143. The number of likely N-dealkylation sites (N-methyl/N-ethyl adjacent to an activating group) is 1. The summed E-state index contributed by atoms with van der Waals surface area (Å²) in [5.74, 6) is -2.01. The number of anilines is 1. The molecule has 8 nitrogen and oxygen atoms in total. The molecule has 15 heteroatoms. The number of β-amino-alcohol motifs (C(OH)–C–C–N with tert-alkyl or cyclic N) is 1. The van der Waals surface area contributed by atoms with Crippen LogP contribution in [0.15, 0.2) is 53.6 Å². The number of alkyl halides is 6. The fraction of sp³-hybridized carbons (Fsp3) is 0.360. The van der Waals surface area contributed by atoms with Crippen LogP contribution in [0.25, 0.3) is 5.69 Å². The normalized spacial score (nSPS) is 18.2. The van der Waals surface area contributed by atoms with Gasteiger partial charge in [-0.1, -0.05) is 0 Å². The molecule has 0 spiro atoms. The summed E-state index contributed by atoms with van der Waals surface area (Å²) in [4.78, 5) is 28.5. The Balaban J connectivity index is 1.84. The Morgan fingerprint density at radius 2 is 1.73 bits per heavy atom. The average molecular weight is 576 g/mol. The van der Waals surface area contributed by atoms with Gasteiger partial charge in [-0.3, -0.25) is 14.0 Å².